The zero-order valence-electron chi connectivity index (χ0n) is 13.5. The minimum atomic E-state index is -0.879. The van der Waals surface area contributed by atoms with Crippen molar-refractivity contribution >= 4 is 12.0 Å². The van der Waals surface area contributed by atoms with Crippen LogP contribution in [0.5, 0.6) is 0 Å². The van der Waals surface area contributed by atoms with Crippen LogP contribution >= 0.6 is 0 Å². The van der Waals surface area contributed by atoms with Crippen molar-refractivity contribution in [1.29, 1.82) is 0 Å². The molecule has 1 atom stereocenters. The number of likely N-dealkylation sites (tertiary alicyclic amines) is 1. The summed E-state index contributed by atoms with van der Waals surface area (Å²) in [6, 6.07) is -0.499. The molecule has 1 aliphatic carbocycles. The molecule has 2 aliphatic rings. The number of piperidine rings is 1. The van der Waals surface area contributed by atoms with Gasteiger partial charge in [0, 0.05) is 19.1 Å². The fraction of sp³-hybridized carbons (Fsp3) is 0.875. The fourth-order valence-electron chi connectivity index (χ4n) is 4.00. The normalized spacial score (nSPS) is 25.9. The number of nitrogens with zero attached hydrogens (tertiary/aromatic N) is 2. The third kappa shape index (κ3) is 3.16. The summed E-state index contributed by atoms with van der Waals surface area (Å²) < 4.78 is 0. The van der Waals surface area contributed by atoms with Gasteiger partial charge in [-0.3, -0.25) is 0 Å². The topological polar surface area (TPSA) is 60.9 Å². The summed E-state index contributed by atoms with van der Waals surface area (Å²) in [6.45, 7) is 7.12. The number of hydrogen-bond acceptors (Lipinski definition) is 2. The molecule has 21 heavy (non-hydrogen) atoms. The Balaban J connectivity index is 2.20. The Morgan fingerprint density at radius 3 is 2.38 bits per heavy atom. The van der Waals surface area contributed by atoms with E-state index >= 15 is 0 Å². The Labute approximate surface area is 127 Å². The summed E-state index contributed by atoms with van der Waals surface area (Å²) in [5.41, 5.74) is -0.366. The van der Waals surface area contributed by atoms with Crippen molar-refractivity contribution in [2.45, 2.75) is 71.4 Å². The molecule has 1 unspecified atom stereocenters. The molecule has 5 nitrogen and oxygen atoms in total. The molecule has 1 aliphatic heterocycles. The lowest BCUT2D eigenvalue weighted by Gasteiger charge is -2.46. The second-order valence-corrected chi connectivity index (χ2v) is 7.03. The van der Waals surface area contributed by atoms with E-state index in [-0.39, 0.29) is 11.4 Å². The zero-order valence-corrected chi connectivity index (χ0v) is 13.5. The molecule has 5 heteroatoms. The molecule has 1 heterocycles. The number of amides is 2. The van der Waals surface area contributed by atoms with Gasteiger partial charge in [-0.25, -0.2) is 9.59 Å². The second-order valence-electron chi connectivity index (χ2n) is 7.03. The van der Waals surface area contributed by atoms with Crippen LogP contribution in [-0.2, 0) is 4.79 Å². The summed E-state index contributed by atoms with van der Waals surface area (Å²) in [5.74, 6) is -0.879. The van der Waals surface area contributed by atoms with Crippen molar-refractivity contribution < 1.29 is 14.7 Å². The van der Waals surface area contributed by atoms with Gasteiger partial charge in [-0.2, -0.15) is 0 Å². The average molecular weight is 296 g/mol. The van der Waals surface area contributed by atoms with Gasteiger partial charge in [-0.15, -0.1) is 0 Å². The van der Waals surface area contributed by atoms with Crippen LogP contribution in [-0.4, -0.2) is 52.1 Å². The molecule has 0 aromatic rings. The molecule has 1 saturated heterocycles. The highest BCUT2D eigenvalue weighted by atomic mass is 16.4. The van der Waals surface area contributed by atoms with Crippen LogP contribution in [0.1, 0.15) is 59.3 Å². The van der Waals surface area contributed by atoms with Gasteiger partial charge in [0.05, 0.1) is 0 Å². The van der Waals surface area contributed by atoms with E-state index in [0.29, 0.717) is 19.1 Å². The zero-order chi connectivity index (χ0) is 15.6. The maximum Gasteiger partial charge on any atom is 0.327 e. The molecule has 1 saturated carbocycles. The Morgan fingerprint density at radius 1 is 1.24 bits per heavy atom. The van der Waals surface area contributed by atoms with Crippen molar-refractivity contribution in [3.05, 3.63) is 0 Å². The predicted molar refractivity (Wildman–Crippen MR) is 81.2 cm³/mol. The van der Waals surface area contributed by atoms with E-state index in [1.165, 1.54) is 12.8 Å². The molecular weight excluding hydrogens is 268 g/mol. The molecule has 0 bridgehead atoms. The van der Waals surface area contributed by atoms with Crippen LogP contribution < -0.4 is 0 Å². The van der Waals surface area contributed by atoms with E-state index in [1.807, 2.05) is 25.7 Å². The predicted octanol–water partition coefficient (Wildman–Crippen LogP) is 2.95. The summed E-state index contributed by atoms with van der Waals surface area (Å²) in [7, 11) is 0. The Bertz CT molecular complexity index is 402. The summed E-state index contributed by atoms with van der Waals surface area (Å²) in [5, 5.41) is 9.60. The van der Waals surface area contributed by atoms with Gasteiger partial charge in [0.15, 0.2) is 0 Å². The molecule has 120 valence electrons. The van der Waals surface area contributed by atoms with Crippen molar-refractivity contribution in [1.82, 2.24) is 9.80 Å². The SMILES string of the molecule is CCN(C(=O)N1CCCC(C)(C)C1C(=O)O)C1CCCC1. The van der Waals surface area contributed by atoms with E-state index in [2.05, 4.69) is 0 Å². The van der Waals surface area contributed by atoms with Crippen molar-refractivity contribution in [2.75, 3.05) is 13.1 Å². The monoisotopic (exact) mass is 296 g/mol. The van der Waals surface area contributed by atoms with Crippen molar-refractivity contribution in [3.63, 3.8) is 0 Å². The van der Waals surface area contributed by atoms with Gasteiger partial charge in [0.25, 0.3) is 0 Å². The molecule has 2 fully saturated rings. The van der Waals surface area contributed by atoms with Crippen LogP contribution in [0.3, 0.4) is 0 Å². The highest BCUT2D eigenvalue weighted by molar-refractivity contribution is 5.84. The largest absolute Gasteiger partial charge is 0.480 e. The minimum Gasteiger partial charge on any atom is -0.480 e. The molecule has 1 N–H and O–H groups in total. The Morgan fingerprint density at radius 2 is 1.86 bits per heavy atom. The molecule has 0 aromatic heterocycles. The molecule has 2 rings (SSSR count). The number of carbonyl (C=O) groups is 2. The maximum atomic E-state index is 12.9. The molecule has 2 amide bonds. The van der Waals surface area contributed by atoms with E-state index < -0.39 is 12.0 Å². The molecule has 0 aromatic carbocycles. The Hall–Kier alpha value is -1.26. The van der Waals surface area contributed by atoms with Crippen LogP contribution in [0.4, 0.5) is 4.79 Å². The third-order valence-electron chi connectivity index (χ3n) is 5.10. The number of hydrogen-bond donors (Lipinski definition) is 1. The Kier molecular flexibility index (Phi) is 4.79. The van der Waals surface area contributed by atoms with Gasteiger partial charge >= 0.3 is 12.0 Å². The van der Waals surface area contributed by atoms with E-state index in [4.69, 9.17) is 0 Å². The van der Waals surface area contributed by atoms with E-state index in [0.717, 1.165) is 25.7 Å². The smallest absolute Gasteiger partial charge is 0.327 e. The van der Waals surface area contributed by atoms with E-state index in [1.54, 1.807) is 4.90 Å². The second kappa shape index (κ2) is 6.24. The standard InChI is InChI=1S/C16H28N2O3/c1-4-17(12-8-5-6-9-12)15(21)18-11-7-10-16(2,3)13(18)14(19)20/h12-13H,4-11H2,1-3H3,(H,19,20). The quantitative estimate of drug-likeness (QED) is 0.871. The lowest BCUT2D eigenvalue weighted by atomic mass is 9.76. The first-order valence-electron chi connectivity index (χ1n) is 8.18. The van der Waals surface area contributed by atoms with Crippen LogP contribution in [0.15, 0.2) is 0 Å². The summed E-state index contributed by atoms with van der Waals surface area (Å²) in [6.07, 6.45) is 6.17. The number of rotatable bonds is 3. The lowest BCUT2D eigenvalue weighted by Crippen LogP contribution is -2.60. The number of carbonyl (C=O) groups excluding carboxylic acids is 1. The average Bonchev–Trinajstić information content (AvgIpc) is 2.91. The number of urea groups is 1. The van der Waals surface area contributed by atoms with Gasteiger partial charge in [-0.1, -0.05) is 26.7 Å². The highest BCUT2D eigenvalue weighted by Gasteiger charge is 2.46. The van der Waals surface area contributed by atoms with Crippen LogP contribution in [0, 0.1) is 5.41 Å². The summed E-state index contributed by atoms with van der Waals surface area (Å²) >= 11 is 0. The van der Waals surface area contributed by atoms with Crippen LogP contribution in [0.2, 0.25) is 0 Å². The van der Waals surface area contributed by atoms with Gasteiger partial charge < -0.3 is 14.9 Å². The third-order valence-corrected chi connectivity index (χ3v) is 5.10. The highest BCUT2D eigenvalue weighted by Crippen LogP contribution is 2.36. The fourth-order valence-corrected chi connectivity index (χ4v) is 4.00. The number of carboxylic acid groups (broad SMARTS) is 1. The number of carboxylic acids is 1. The van der Waals surface area contributed by atoms with Crippen molar-refractivity contribution in [2.24, 2.45) is 5.41 Å². The molecule has 0 spiro atoms. The van der Waals surface area contributed by atoms with Gasteiger partial charge in [0.2, 0.25) is 0 Å². The lowest BCUT2D eigenvalue weighted by molar-refractivity contribution is -0.148. The first-order valence-corrected chi connectivity index (χ1v) is 8.18. The first-order chi connectivity index (χ1) is 9.88. The van der Waals surface area contributed by atoms with Crippen molar-refractivity contribution in [3.8, 4) is 0 Å². The molecular formula is C16H28N2O3. The maximum absolute atomic E-state index is 12.9. The first kappa shape index (κ1) is 16.1. The van der Waals surface area contributed by atoms with Gasteiger partial charge in [0.1, 0.15) is 6.04 Å². The number of aliphatic carboxylic acids is 1. The molecule has 0 radical (unpaired) electrons. The van der Waals surface area contributed by atoms with Gasteiger partial charge in [-0.05, 0) is 38.0 Å². The summed E-state index contributed by atoms with van der Waals surface area (Å²) in [4.78, 5) is 28.1. The van der Waals surface area contributed by atoms with Crippen LogP contribution in [0.25, 0.3) is 0 Å². The van der Waals surface area contributed by atoms with E-state index in [9.17, 15) is 14.7 Å². The minimum absolute atomic E-state index is 0.0791.